The van der Waals surface area contributed by atoms with Gasteiger partial charge in [-0.25, -0.2) is 0 Å². The van der Waals surface area contributed by atoms with Gasteiger partial charge in [-0.15, -0.1) is 0 Å². The molecule has 2 aliphatic rings. The van der Waals surface area contributed by atoms with E-state index in [-0.39, 0.29) is 11.2 Å². The molecule has 0 amide bonds. The second-order valence-electron chi connectivity index (χ2n) is 5.52. The largest absolute Gasteiger partial charge is 0.326 e. The summed E-state index contributed by atoms with van der Waals surface area (Å²) in [6, 6.07) is 11.7. The Hall–Kier alpha value is -0.860. The molecule has 0 radical (unpaired) electrons. The number of carbonyl (C=O) groups is 1. The minimum absolute atomic E-state index is 0.0872. The molecule has 1 N–H and O–H groups in total. The molecule has 0 bridgehead atoms. The summed E-state index contributed by atoms with van der Waals surface area (Å²) in [7, 11) is 0. The first-order valence-corrected chi connectivity index (χ1v) is 7.25. The van der Waals surface area contributed by atoms with Crippen LogP contribution in [0.25, 0.3) is 0 Å². The summed E-state index contributed by atoms with van der Waals surface area (Å²) in [6.45, 7) is 1.19. The molecular formula is C15H19ClNO+. The fourth-order valence-electron chi connectivity index (χ4n) is 3.86. The third kappa shape index (κ3) is 2.08. The maximum atomic E-state index is 11.5. The number of hydrogen-bond acceptors (Lipinski definition) is 1. The monoisotopic (exact) mass is 264 g/mol. The summed E-state index contributed by atoms with van der Waals surface area (Å²) in [4.78, 5) is 13.1. The Kier molecular flexibility index (Phi) is 3.40. The van der Waals surface area contributed by atoms with Crippen LogP contribution in [0.3, 0.4) is 0 Å². The predicted octanol–water partition coefficient (Wildman–Crippen LogP) is 1.95. The van der Waals surface area contributed by atoms with Gasteiger partial charge >= 0.3 is 0 Å². The molecule has 0 saturated carbocycles. The van der Waals surface area contributed by atoms with Crippen molar-refractivity contribution in [3.63, 3.8) is 0 Å². The van der Waals surface area contributed by atoms with Crippen molar-refractivity contribution in [1.29, 1.82) is 0 Å². The lowest BCUT2D eigenvalue weighted by molar-refractivity contribution is -0.951. The summed E-state index contributed by atoms with van der Waals surface area (Å²) in [5.41, 5.74) is 1.42. The zero-order valence-electron chi connectivity index (χ0n) is 10.4. The molecule has 0 aromatic heterocycles. The van der Waals surface area contributed by atoms with Crippen LogP contribution in [0.15, 0.2) is 30.3 Å². The third-order valence-electron chi connectivity index (χ3n) is 4.65. The first-order valence-electron chi connectivity index (χ1n) is 6.87. The molecule has 2 aliphatic heterocycles. The molecule has 2 fully saturated rings. The minimum Gasteiger partial charge on any atom is -0.326 e. The Labute approximate surface area is 113 Å². The zero-order valence-corrected chi connectivity index (χ0v) is 11.2. The van der Waals surface area contributed by atoms with Crippen molar-refractivity contribution in [3.05, 3.63) is 35.9 Å². The summed E-state index contributed by atoms with van der Waals surface area (Å²) in [6.07, 6.45) is 4.42. The highest BCUT2D eigenvalue weighted by atomic mass is 35.5. The fraction of sp³-hybridized carbons (Fsp3) is 0.533. The zero-order chi connectivity index (χ0) is 12.5. The van der Waals surface area contributed by atoms with Gasteiger partial charge in [0.15, 0.2) is 0 Å². The molecule has 18 heavy (non-hydrogen) atoms. The lowest BCUT2D eigenvalue weighted by Crippen LogP contribution is -3.15. The highest BCUT2D eigenvalue weighted by Crippen LogP contribution is 2.30. The van der Waals surface area contributed by atoms with E-state index in [1.54, 1.807) is 4.90 Å². The average molecular weight is 265 g/mol. The number of carbonyl (C=O) groups excluding carboxylic acids is 1. The molecule has 2 saturated heterocycles. The summed E-state index contributed by atoms with van der Waals surface area (Å²) in [5, 5.41) is -0.120. The molecule has 1 aromatic rings. The van der Waals surface area contributed by atoms with E-state index in [4.69, 9.17) is 11.6 Å². The van der Waals surface area contributed by atoms with Gasteiger partial charge in [-0.2, -0.15) is 0 Å². The van der Waals surface area contributed by atoms with Crippen molar-refractivity contribution in [2.45, 2.75) is 37.8 Å². The number of quaternary nitrogens is 1. The van der Waals surface area contributed by atoms with Gasteiger partial charge in [-0.05, 0) is 18.0 Å². The topological polar surface area (TPSA) is 21.5 Å². The number of nitrogens with one attached hydrogen (secondary N) is 1. The summed E-state index contributed by atoms with van der Waals surface area (Å²) >= 11 is 5.76. The van der Waals surface area contributed by atoms with Crippen molar-refractivity contribution >= 4 is 16.8 Å². The van der Waals surface area contributed by atoms with Crippen molar-refractivity contribution < 1.29 is 9.69 Å². The first kappa shape index (κ1) is 12.2. The summed E-state index contributed by atoms with van der Waals surface area (Å²) < 4.78 is 0. The standard InChI is InChI=1S/C15H18ClNO/c16-15(18)12-8-9-13(11-5-2-1-3-6-11)17-10-4-7-14(12)17/h1-3,5-6,12-14H,4,7-10H2/p+1/t12-,13-,14-/m0/s1. The number of rotatable bonds is 2. The maximum Gasteiger partial charge on any atom is 0.230 e. The quantitative estimate of drug-likeness (QED) is 0.811. The Morgan fingerprint density at radius 2 is 1.94 bits per heavy atom. The van der Waals surface area contributed by atoms with E-state index in [0.29, 0.717) is 12.1 Å². The normalized spacial score (nSPS) is 35.2. The van der Waals surface area contributed by atoms with E-state index < -0.39 is 0 Å². The number of fused-ring (bicyclic) bond motifs is 1. The van der Waals surface area contributed by atoms with Gasteiger partial charge < -0.3 is 4.90 Å². The molecule has 1 unspecified atom stereocenters. The van der Waals surface area contributed by atoms with Crippen LogP contribution in [-0.4, -0.2) is 17.8 Å². The predicted molar refractivity (Wildman–Crippen MR) is 71.6 cm³/mol. The van der Waals surface area contributed by atoms with E-state index in [9.17, 15) is 4.79 Å². The molecule has 3 heteroatoms. The summed E-state index contributed by atoms with van der Waals surface area (Å²) in [5.74, 6) is 0.0872. The van der Waals surface area contributed by atoms with Crippen LogP contribution in [0.5, 0.6) is 0 Å². The molecule has 2 nitrogen and oxygen atoms in total. The Balaban J connectivity index is 1.85. The number of benzene rings is 1. The van der Waals surface area contributed by atoms with Crippen LogP contribution in [0.2, 0.25) is 0 Å². The van der Waals surface area contributed by atoms with Crippen LogP contribution in [-0.2, 0) is 4.79 Å². The molecule has 2 heterocycles. The molecular weight excluding hydrogens is 246 g/mol. The molecule has 0 aliphatic carbocycles. The smallest absolute Gasteiger partial charge is 0.230 e. The highest BCUT2D eigenvalue weighted by Gasteiger charge is 2.46. The van der Waals surface area contributed by atoms with Crippen molar-refractivity contribution in [1.82, 2.24) is 0 Å². The Morgan fingerprint density at radius 1 is 1.17 bits per heavy atom. The lowest BCUT2D eigenvalue weighted by Gasteiger charge is -2.38. The van der Waals surface area contributed by atoms with E-state index in [2.05, 4.69) is 30.3 Å². The Bertz CT molecular complexity index is 433. The third-order valence-corrected chi connectivity index (χ3v) is 4.93. The Morgan fingerprint density at radius 3 is 2.67 bits per heavy atom. The van der Waals surface area contributed by atoms with Gasteiger partial charge in [0.25, 0.3) is 0 Å². The van der Waals surface area contributed by atoms with Gasteiger partial charge in [-0.3, -0.25) is 4.79 Å². The molecule has 0 spiro atoms. The number of piperidine rings is 1. The SMILES string of the molecule is O=C(Cl)[C@H]1CC[C@@H](c2ccccc2)[NH+]2CCC[C@@H]12. The molecule has 4 atom stereocenters. The van der Waals surface area contributed by atoms with Gasteiger partial charge in [-0.1, -0.05) is 30.3 Å². The minimum atomic E-state index is -0.120. The average Bonchev–Trinajstić information content (AvgIpc) is 2.87. The number of halogens is 1. The lowest BCUT2D eigenvalue weighted by atomic mass is 9.84. The van der Waals surface area contributed by atoms with Crippen molar-refractivity contribution in [2.75, 3.05) is 6.54 Å². The van der Waals surface area contributed by atoms with Gasteiger partial charge in [0, 0.05) is 24.8 Å². The molecule has 1 aromatic carbocycles. The van der Waals surface area contributed by atoms with E-state index >= 15 is 0 Å². The molecule has 3 rings (SSSR count). The molecule has 96 valence electrons. The fourth-order valence-corrected chi connectivity index (χ4v) is 4.12. The van der Waals surface area contributed by atoms with Crippen molar-refractivity contribution in [3.8, 4) is 0 Å². The van der Waals surface area contributed by atoms with Crippen LogP contribution < -0.4 is 4.90 Å². The second kappa shape index (κ2) is 5.02. The number of hydrogen-bond donors (Lipinski definition) is 1. The van der Waals surface area contributed by atoms with Crippen molar-refractivity contribution in [2.24, 2.45) is 5.92 Å². The van der Waals surface area contributed by atoms with E-state index in [0.717, 1.165) is 19.3 Å². The highest BCUT2D eigenvalue weighted by molar-refractivity contribution is 6.64. The van der Waals surface area contributed by atoms with Crippen LogP contribution in [0, 0.1) is 5.92 Å². The van der Waals surface area contributed by atoms with Crippen LogP contribution >= 0.6 is 11.6 Å². The van der Waals surface area contributed by atoms with Gasteiger partial charge in [0.05, 0.1) is 18.5 Å². The van der Waals surface area contributed by atoms with Crippen LogP contribution in [0.4, 0.5) is 0 Å². The van der Waals surface area contributed by atoms with Gasteiger partial charge in [0.1, 0.15) is 6.04 Å². The second-order valence-corrected chi connectivity index (χ2v) is 5.90. The van der Waals surface area contributed by atoms with E-state index in [1.165, 1.54) is 18.5 Å². The van der Waals surface area contributed by atoms with E-state index in [1.807, 2.05) is 0 Å². The first-order chi connectivity index (χ1) is 8.77. The maximum absolute atomic E-state index is 11.5. The van der Waals surface area contributed by atoms with Crippen LogP contribution in [0.1, 0.15) is 37.3 Å². The van der Waals surface area contributed by atoms with Gasteiger partial charge in [0.2, 0.25) is 5.24 Å².